The lowest BCUT2D eigenvalue weighted by molar-refractivity contribution is -0.143. The first-order valence-corrected chi connectivity index (χ1v) is 5.52. The SMILES string of the molecule is COC(=O)CC(C)(C)C(C#N)c1ccccc1. The van der Waals surface area contributed by atoms with Crippen molar-refractivity contribution in [3.8, 4) is 6.07 Å². The first-order valence-electron chi connectivity index (χ1n) is 5.52. The molecule has 0 amide bonds. The van der Waals surface area contributed by atoms with E-state index >= 15 is 0 Å². The van der Waals surface area contributed by atoms with Gasteiger partial charge in [0.15, 0.2) is 0 Å². The van der Waals surface area contributed by atoms with Gasteiger partial charge in [0.05, 0.1) is 25.5 Å². The zero-order valence-corrected chi connectivity index (χ0v) is 10.4. The topological polar surface area (TPSA) is 50.1 Å². The molecule has 0 N–H and O–H groups in total. The van der Waals surface area contributed by atoms with E-state index in [-0.39, 0.29) is 18.3 Å². The summed E-state index contributed by atoms with van der Waals surface area (Å²) in [6.07, 6.45) is 0.233. The number of hydrogen-bond donors (Lipinski definition) is 0. The van der Waals surface area contributed by atoms with E-state index in [9.17, 15) is 10.1 Å². The van der Waals surface area contributed by atoms with Crippen LogP contribution in [-0.4, -0.2) is 13.1 Å². The molecule has 0 saturated heterocycles. The molecule has 0 aliphatic carbocycles. The van der Waals surface area contributed by atoms with E-state index in [4.69, 9.17) is 0 Å². The summed E-state index contributed by atoms with van der Waals surface area (Å²) in [5, 5.41) is 9.30. The quantitative estimate of drug-likeness (QED) is 0.749. The summed E-state index contributed by atoms with van der Waals surface area (Å²) in [4.78, 5) is 11.3. The fourth-order valence-corrected chi connectivity index (χ4v) is 1.89. The molecule has 0 fully saturated rings. The highest BCUT2D eigenvalue weighted by molar-refractivity contribution is 5.70. The third-order valence-corrected chi connectivity index (χ3v) is 2.87. The van der Waals surface area contributed by atoms with Gasteiger partial charge in [-0.3, -0.25) is 4.79 Å². The Morgan fingerprint density at radius 3 is 2.47 bits per heavy atom. The highest BCUT2D eigenvalue weighted by Crippen LogP contribution is 2.38. The number of ether oxygens (including phenoxy) is 1. The van der Waals surface area contributed by atoms with Gasteiger partial charge in [0.1, 0.15) is 0 Å². The van der Waals surface area contributed by atoms with Crippen molar-refractivity contribution in [1.82, 2.24) is 0 Å². The van der Waals surface area contributed by atoms with Crippen molar-refractivity contribution >= 4 is 5.97 Å². The molecule has 0 bridgehead atoms. The van der Waals surface area contributed by atoms with Crippen molar-refractivity contribution < 1.29 is 9.53 Å². The van der Waals surface area contributed by atoms with Crippen LogP contribution in [0.5, 0.6) is 0 Å². The number of nitriles is 1. The highest BCUT2D eigenvalue weighted by Gasteiger charge is 2.33. The van der Waals surface area contributed by atoms with Crippen molar-refractivity contribution in [2.75, 3.05) is 7.11 Å². The summed E-state index contributed by atoms with van der Waals surface area (Å²) in [5.41, 5.74) is 0.493. The van der Waals surface area contributed by atoms with Crippen LogP contribution in [0.2, 0.25) is 0 Å². The van der Waals surface area contributed by atoms with Gasteiger partial charge in [-0.25, -0.2) is 0 Å². The van der Waals surface area contributed by atoms with Crippen LogP contribution in [0.15, 0.2) is 30.3 Å². The van der Waals surface area contributed by atoms with Gasteiger partial charge in [-0.15, -0.1) is 0 Å². The van der Waals surface area contributed by atoms with Crippen LogP contribution in [0, 0.1) is 16.7 Å². The number of hydrogen-bond acceptors (Lipinski definition) is 3. The number of rotatable bonds is 4. The molecule has 90 valence electrons. The molecule has 3 heteroatoms. The Morgan fingerprint density at radius 2 is 2.00 bits per heavy atom. The van der Waals surface area contributed by atoms with Crippen molar-refractivity contribution in [2.45, 2.75) is 26.2 Å². The minimum Gasteiger partial charge on any atom is -0.469 e. The van der Waals surface area contributed by atoms with Gasteiger partial charge in [0, 0.05) is 0 Å². The lowest BCUT2D eigenvalue weighted by Gasteiger charge is -2.28. The van der Waals surface area contributed by atoms with Crippen molar-refractivity contribution in [3.63, 3.8) is 0 Å². The molecule has 0 aromatic heterocycles. The molecule has 0 aliphatic rings. The molecule has 17 heavy (non-hydrogen) atoms. The third-order valence-electron chi connectivity index (χ3n) is 2.87. The van der Waals surface area contributed by atoms with Gasteiger partial charge in [-0.1, -0.05) is 44.2 Å². The molecule has 0 spiro atoms. The van der Waals surface area contributed by atoms with E-state index < -0.39 is 5.41 Å². The van der Waals surface area contributed by atoms with Crippen LogP contribution in [0.4, 0.5) is 0 Å². The second kappa shape index (κ2) is 5.49. The Kier molecular flexibility index (Phi) is 4.28. The van der Waals surface area contributed by atoms with Crippen LogP contribution >= 0.6 is 0 Å². The number of benzene rings is 1. The second-order valence-corrected chi connectivity index (χ2v) is 4.71. The maximum atomic E-state index is 11.3. The Morgan fingerprint density at radius 1 is 1.41 bits per heavy atom. The summed E-state index contributed by atoms with van der Waals surface area (Å²) in [5.74, 6) is -0.603. The number of esters is 1. The maximum Gasteiger partial charge on any atom is 0.306 e. The van der Waals surface area contributed by atoms with E-state index in [0.717, 1.165) is 5.56 Å². The normalized spacial score (nSPS) is 12.6. The number of methoxy groups -OCH3 is 1. The molecule has 0 saturated carbocycles. The number of carbonyl (C=O) groups is 1. The molecule has 0 heterocycles. The largest absolute Gasteiger partial charge is 0.469 e. The number of carbonyl (C=O) groups excluding carboxylic acids is 1. The molecule has 1 unspecified atom stereocenters. The van der Waals surface area contributed by atoms with Crippen LogP contribution in [0.3, 0.4) is 0 Å². The predicted octanol–water partition coefficient (Wildman–Crippen LogP) is 2.88. The van der Waals surface area contributed by atoms with E-state index in [1.165, 1.54) is 7.11 Å². The Balaban J connectivity index is 2.95. The van der Waals surface area contributed by atoms with E-state index in [1.807, 2.05) is 44.2 Å². The maximum absolute atomic E-state index is 11.3. The Bertz CT molecular complexity index is 418. The summed E-state index contributed by atoms with van der Waals surface area (Å²) < 4.78 is 4.67. The Hall–Kier alpha value is -1.82. The molecule has 1 rings (SSSR count). The smallest absolute Gasteiger partial charge is 0.306 e. The first kappa shape index (κ1) is 13.2. The van der Waals surface area contributed by atoms with E-state index in [2.05, 4.69) is 10.8 Å². The average molecular weight is 231 g/mol. The zero-order valence-electron chi connectivity index (χ0n) is 10.4. The Labute approximate surface area is 102 Å². The molecule has 3 nitrogen and oxygen atoms in total. The van der Waals surface area contributed by atoms with E-state index in [0.29, 0.717) is 0 Å². The van der Waals surface area contributed by atoms with Gasteiger partial charge in [0.2, 0.25) is 0 Å². The summed E-state index contributed by atoms with van der Waals surface area (Å²) >= 11 is 0. The minimum absolute atomic E-state index is 0.233. The van der Waals surface area contributed by atoms with Crippen LogP contribution in [-0.2, 0) is 9.53 Å². The van der Waals surface area contributed by atoms with Gasteiger partial charge in [-0.2, -0.15) is 5.26 Å². The standard InChI is InChI=1S/C14H17NO2/c1-14(2,9-13(16)17-3)12(10-15)11-7-5-4-6-8-11/h4-8,12H,9H2,1-3H3. The van der Waals surface area contributed by atoms with Gasteiger partial charge >= 0.3 is 5.97 Å². The van der Waals surface area contributed by atoms with Gasteiger partial charge in [0.25, 0.3) is 0 Å². The molecule has 0 aliphatic heterocycles. The summed E-state index contributed by atoms with van der Waals surface area (Å²) in [6, 6.07) is 11.8. The van der Waals surface area contributed by atoms with Gasteiger partial charge < -0.3 is 4.74 Å². The molecule has 0 radical (unpaired) electrons. The molecular weight excluding hydrogens is 214 g/mol. The minimum atomic E-state index is -0.441. The van der Waals surface area contributed by atoms with Crippen molar-refractivity contribution in [2.24, 2.45) is 5.41 Å². The van der Waals surface area contributed by atoms with Crippen LogP contribution in [0.25, 0.3) is 0 Å². The molecule has 1 aromatic carbocycles. The third kappa shape index (κ3) is 3.32. The number of nitrogens with zero attached hydrogens (tertiary/aromatic N) is 1. The fourth-order valence-electron chi connectivity index (χ4n) is 1.89. The van der Waals surface area contributed by atoms with Crippen molar-refractivity contribution in [1.29, 1.82) is 5.26 Å². The zero-order chi connectivity index (χ0) is 12.9. The average Bonchev–Trinajstić information content (AvgIpc) is 2.30. The molecule has 1 aromatic rings. The van der Waals surface area contributed by atoms with Crippen LogP contribution < -0.4 is 0 Å². The second-order valence-electron chi connectivity index (χ2n) is 4.71. The molecular formula is C14H17NO2. The highest BCUT2D eigenvalue weighted by atomic mass is 16.5. The summed E-state index contributed by atoms with van der Waals surface area (Å²) in [7, 11) is 1.36. The van der Waals surface area contributed by atoms with Gasteiger partial charge in [-0.05, 0) is 11.0 Å². The predicted molar refractivity (Wildman–Crippen MR) is 65.2 cm³/mol. The van der Waals surface area contributed by atoms with Crippen molar-refractivity contribution in [3.05, 3.63) is 35.9 Å². The lowest BCUT2D eigenvalue weighted by Crippen LogP contribution is -2.25. The lowest BCUT2D eigenvalue weighted by atomic mass is 9.73. The van der Waals surface area contributed by atoms with Crippen LogP contribution in [0.1, 0.15) is 31.7 Å². The fraction of sp³-hybridized carbons (Fsp3) is 0.429. The first-order chi connectivity index (χ1) is 8.01. The summed E-state index contributed by atoms with van der Waals surface area (Å²) in [6.45, 7) is 3.82. The monoisotopic (exact) mass is 231 g/mol. The molecule has 1 atom stereocenters. The van der Waals surface area contributed by atoms with E-state index in [1.54, 1.807) is 0 Å².